The Balaban J connectivity index is 1.95. The molecule has 0 amide bonds. The van der Waals surface area contributed by atoms with E-state index in [-0.39, 0.29) is 11.5 Å². The van der Waals surface area contributed by atoms with Crippen molar-refractivity contribution >= 4 is 6.29 Å². The number of ether oxygens (including phenoxy) is 2. The van der Waals surface area contributed by atoms with Gasteiger partial charge in [0.1, 0.15) is 6.29 Å². The van der Waals surface area contributed by atoms with E-state index < -0.39 is 0 Å². The molecule has 2 aliphatic heterocycles. The van der Waals surface area contributed by atoms with Gasteiger partial charge in [-0.05, 0) is 33.2 Å². The van der Waals surface area contributed by atoms with E-state index in [9.17, 15) is 4.79 Å². The van der Waals surface area contributed by atoms with Crippen LogP contribution in [0.1, 0.15) is 26.2 Å². The van der Waals surface area contributed by atoms with Gasteiger partial charge in [0.2, 0.25) is 0 Å². The van der Waals surface area contributed by atoms with Crippen LogP contribution in [0.4, 0.5) is 0 Å². The van der Waals surface area contributed by atoms with Gasteiger partial charge in [0, 0.05) is 25.8 Å². The second-order valence-electron chi connectivity index (χ2n) is 5.48. The summed E-state index contributed by atoms with van der Waals surface area (Å²) in [5.74, 6) is 0. The van der Waals surface area contributed by atoms with Crippen molar-refractivity contribution in [3.05, 3.63) is 0 Å². The molecule has 2 heterocycles. The fourth-order valence-electron chi connectivity index (χ4n) is 3.04. The van der Waals surface area contributed by atoms with Crippen molar-refractivity contribution in [1.82, 2.24) is 4.90 Å². The van der Waals surface area contributed by atoms with Crippen LogP contribution in [0.25, 0.3) is 0 Å². The van der Waals surface area contributed by atoms with Crippen molar-refractivity contribution in [2.75, 3.05) is 33.4 Å². The van der Waals surface area contributed by atoms with Crippen LogP contribution in [-0.4, -0.2) is 56.7 Å². The van der Waals surface area contributed by atoms with Crippen LogP contribution >= 0.6 is 0 Å². The minimum absolute atomic E-state index is 0.271. The summed E-state index contributed by atoms with van der Waals surface area (Å²) in [5.41, 5.74) is -0.296. The van der Waals surface area contributed by atoms with E-state index in [0.29, 0.717) is 12.6 Å². The lowest BCUT2D eigenvalue weighted by Gasteiger charge is -2.38. The molecule has 0 bridgehead atoms. The smallest absolute Gasteiger partial charge is 0.129 e. The fraction of sp³-hybridized carbons (Fsp3) is 0.923. The molecule has 2 saturated heterocycles. The summed E-state index contributed by atoms with van der Waals surface area (Å²) in [6.07, 6.45) is 4.37. The minimum atomic E-state index is -0.296. The number of carbonyl (C=O) groups is 1. The van der Waals surface area contributed by atoms with E-state index in [2.05, 4.69) is 18.9 Å². The summed E-state index contributed by atoms with van der Waals surface area (Å²) in [6, 6.07) is 0.439. The van der Waals surface area contributed by atoms with Gasteiger partial charge in [-0.3, -0.25) is 4.90 Å². The molecule has 0 aromatic rings. The van der Waals surface area contributed by atoms with Crippen molar-refractivity contribution in [2.45, 2.75) is 38.3 Å². The summed E-state index contributed by atoms with van der Waals surface area (Å²) in [7, 11) is 2.09. The fourth-order valence-corrected chi connectivity index (χ4v) is 3.04. The molecular formula is C13H23NO3. The molecule has 2 fully saturated rings. The monoisotopic (exact) mass is 241 g/mol. The van der Waals surface area contributed by atoms with Crippen molar-refractivity contribution in [1.29, 1.82) is 0 Å². The highest BCUT2D eigenvalue weighted by molar-refractivity contribution is 5.60. The summed E-state index contributed by atoms with van der Waals surface area (Å²) in [6.45, 7) is 5.10. The van der Waals surface area contributed by atoms with Crippen molar-refractivity contribution < 1.29 is 14.3 Å². The van der Waals surface area contributed by atoms with Gasteiger partial charge in [-0.25, -0.2) is 0 Å². The zero-order chi connectivity index (χ0) is 12.3. The lowest BCUT2D eigenvalue weighted by molar-refractivity contribution is -0.126. The van der Waals surface area contributed by atoms with Crippen LogP contribution in [0.5, 0.6) is 0 Å². The maximum absolute atomic E-state index is 11.4. The number of carbonyl (C=O) groups excluding carboxylic acids is 1. The SMILES string of the molecule is CC1OCCC1N(C)CC1(C=O)CCCOC1. The van der Waals surface area contributed by atoms with Gasteiger partial charge in [0.15, 0.2) is 0 Å². The first kappa shape index (κ1) is 13.0. The van der Waals surface area contributed by atoms with E-state index in [0.717, 1.165) is 45.3 Å². The lowest BCUT2D eigenvalue weighted by atomic mass is 9.83. The quantitative estimate of drug-likeness (QED) is 0.691. The minimum Gasteiger partial charge on any atom is -0.380 e. The first-order valence-corrected chi connectivity index (χ1v) is 6.53. The first-order chi connectivity index (χ1) is 8.17. The van der Waals surface area contributed by atoms with Crippen LogP contribution in [0.3, 0.4) is 0 Å². The number of aldehydes is 1. The Morgan fingerprint density at radius 2 is 2.29 bits per heavy atom. The average molecular weight is 241 g/mol. The van der Waals surface area contributed by atoms with E-state index in [1.54, 1.807) is 0 Å². The molecule has 4 nitrogen and oxygen atoms in total. The Morgan fingerprint density at radius 1 is 1.47 bits per heavy atom. The van der Waals surface area contributed by atoms with E-state index >= 15 is 0 Å². The van der Waals surface area contributed by atoms with Gasteiger partial charge in [0.05, 0.1) is 18.1 Å². The first-order valence-electron chi connectivity index (χ1n) is 6.53. The number of rotatable bonds is 4. The van der Waals surface area contributed by atoms with Gasteiger partial charge < -0.3 is 14.3 Å². The molecule has 4 heteroatoms. The zero-order valence-corrected chi connectivity index (χ0v) is 10.9. The van der Waals surface area contributed by atoms with E-state index in [4.69, 9.17) is 9.47 Å². The second-order valence-corrected chi connectivity index (χ2v) is 5.48. The maximum Gasteiger partial charge on any atom is 0.129 e. The number of nitrogens with zero attached hydrogens (tertiary/aromatic N) is 1. The molecular weight excluding hydrogens is 218 g/mol. The molecule has 98 valence electrons. The van der Waals surface area contributed by atoms with Crippen molar-refractivity contribution in [3.8, 4) is 0 Å². The largest absolute Gasteiger partial charge is 0.380 e. The van der Waals surface area contributed by atoms with Gasteiger partial charge in [0.25, 0.3) is 0 Å². The third kappa shape index (κ3) is 2.87. The highest BCUT2D eigenvalue weighted by Crippen LogP contribution is 2.29. The van der Waals surface area contributed by atoms with E-state index in [1.807, 2.05) is 0 Å². The number of hydrogen-bond acceptors (Lipinski definition) is 4. The third-order valence-electron chi connectivity index (χ3n) is 4.07. The van der Waals surface area contributed by atoms with Crippen LogP contribution in [0, 0.1) is 5.41 Å². The third-order valence-corrected chi connectivity index (χ3v) is 4.07. The molecule has 2 rings (SSSR count). The number of likely N-dealkylation sites (N-methyl/N-ethyl adjacent to an activating group) is 1. The Bertz CT molecular complexity index is 263. The molecule has 0 aromatic heterocycles. The highest BCUT2D eigenvalue weighted by Gasteiger charge is 2.37. The Kier molecular flexibility index (Phi) is 4.17. The van der Waals surface area contributed by atoms with Crippen LogP contribution < -0.4 is 0 Å². The zero-order valence-electron chi connectivity index (χ0n) is 10.9. The van der Waals surface area contributed by atoms with Gasteiger partial charge in [-0.15, -0.1) is 0 Å². The van der Waals surface area contributed by atoms with Crippen LogP contribution in [0.2, 0.25) is 0 Å². The average Bonchev–Trinajstić information content (AvgIpc) is 2.77. The van der Waals surface area contributed by atoms with Crippen molar-refractivity contribution in [2.24, 2.45) is 5.41 Å². The molecule has 2 aliphatic rings. The maximum atomic E-state index is 11.4. The van der Waals surface area contributed by atoms with E-state index in [1.165, 1.54) is 0 Å². The summed E-state index contributed by atoms with van der Waals surface area (Å²) in [4.78, 5) is 13.7. The molecule has 17 heavy (non-hydrogen) atoms. The summed E-state index contributed by atoms with van der Waals surface area (Å²) in [5, 5.41) is 0. The second kappa shape index (κ2) is 5.46. The molecule has 0 aliphatic carbocycles. The highest BCUT2D eigenvalue weighted by atomic mass is 16.5. The van der Waals surface area contributed by atoms with Crippen molar-refractivity contribution in [3.63, 3.8) is 0 Å². The molecule has 0 N–H and O–H groups in total. The molecule has 0 saturated carbocycles. The lowest BCUT2D eigenvalue weighted by Crippen LogP contribution is -2.48. The number of hydrogen-bond donors (Lipinski definition) is 0. The van der Waals surface area contributed by atoms with Crippen LogP contribution in [-0.2, 0) is 14.3 Å². The predicted octanol–water partition coefficient (Wildman–Crippen LogP) is 1.09. The van der Waals surface area contributed by atoms with Gasteiger partial charge in [-0.1, -0.05) is 0 Å². The normalized spacial score (nSPS) is 38.5. The summed E-state index contributed by atoms with van der Waals surface area (Å²) < 4.78 is 11.1. The topological polar surface area (TPSA) is 38.8 Å². The molecule has 3 atom stereocenters. The summed E-state index contributed by atoms with van der Waals surface area (Å²) >= 11 is 0. The van der Waals surface area contributed by atoms with Crippen LogP contribution in [0.15, 0.2) is 0 Å². The molecule has 0 spiro atoms. The predicted molar refractivity (Wildman–Crippen MR) is 65.0 cm³/mol. The van der Waals surface area contributed by atoms with Gasteiger partial charge in [-0.2, -0.15) is 0 Å². The molecule has 0 radical (unpaired) electrons. The Morgan fingerprint density at radius 3 is 2.82 bits per heavy atom. The van der Waals surface area contributed by atoms with Gasteiger partial charge >= 0.3 is 0 Å². The molecule has 3 unspecified atom stereocenters. The standard InChI is InChI=1S/C13H23NO3/c1-11-12(4-7-17-11)14(2)8-13(9-15)5-3-6-16-10-13/h9,11-12H,3-8,10H2,1-2H3. The molecule has 0 aromatic carbocycles. The Hall–Kier alpha value is -0.450. The Labute approximate surface area is 103 Å².